The van der Waals surface area contributed by atoms with Gasteiger partial charge in [0.2, 0.25) is 0 Å². The SMILES string of the molecule is Cl.Cl.NC1CC(c2cc(N3CCN(CCc4ccccc4)CC3)ncn2)C1. The summed E-state index contributed by atoms with van der Waals surface area (Å²) in [6.07, 6.45) is 4.96. The maximum absolute atomic E-state index is 5.91. The smallest absolute Gasteiger partial charge is 0.132 e. The van der Waals surface area contributed by atoms with Crippen molar-refractivity contribution >= 4 is 30.6 Å². The summed E-state index contributed by atoms with van der Waals surface area (Å²) in [4.78, 5) is 13.9. The highest BCUT2D eigenvalue weighted by atomic mass is 35.5. The van der Waals surface area contributed by atoms with Crippen LogP contribution in [0.5, 0.6) is 0 Å². The molecule has 2 aromatic rings. The molecule has 5 nitrogen and oxygen atoms in total. The summed E-state index contributed by atoms with van der Waals surface area (Å²) in [7, 11) is 0. The van der Waals surface area contributed by atoms with Gasteiger partial charge in [0.25, 0.3) is 0 Å². The molecule has 1 aliphatic carbocycles. The molecule has 2 N–H and O–H groups in total. The lowest BCUT2D eigenvalue weighted by Gasteiger charge is -2.36. The van der Waals surface area contributed by atoms with E-state index in [1.54, 1.807) is 6.33 Å². The van der Waals surface area contributed by atoms with Crippen LogP contribution in [-0.2, 0) is 6.42 Å². The minimum Gasteiger partial charge on any atom is -0.354 e. The van der Waals surface area contributed by atoms with Crippen LogP contribution in [0.1, 0.15) is 30.0 Å². The fourth-order valence-electron chi connectivity index (χ4n) is 3.79. The van der Waals surface area contributed by atoms with Crippen LogP contribution in [0.25, 0.3) is 0 Å². The number of hydrogen-bond acceptors (Lipinski definition) is 5. The van der Waals surface area contributed by atoms with Crippen LogP contribution >= 0.6 is 24.8 Å². The van der Waals surface area contributed by atoms with Crippen molar-refractivity contribution in [2.75, 3.05) is 37.6 Å². The second-order valence-corrected chi connectivity index (χ2v) is 7.29. The van der Waals surface area contributed by atoms with Gasteiger partial charge < -0.3 is 10.6 Å². The molecule has 0 amide bonds. The van der Waals surface area contributed by atoms with E-state index in [-0.39, 0.29) is 24.8 Å². The first-order valence-electron chi connectivity index (χ1n) is 9.36. The minimum absolute atomic E-state index is 0. The van der Waals surface area contributed by atoms with Crippen molar-refractivity contribution in [1.29, 1.82) is 0 Å². The van der Waals surface area contributed by atoms with Gasteiger partial charge in [-0.05, 0) is 24.8 Å². The number of hydrogen-bond donors (Lipinski definition) is 1. The average molecular weight is 410 g/mol. The van der Waals surface area contributed by atoms with Crippen LogP contribution in [0.3, 0.4) is 0 Å². The molecule has 2 aliphatic rings. The van der Waals surface area contributed by atoms with Gasteiger partial charge in [-0.15, -0.1) is 24.8 Å². The topological polar surface area (TPSA) is 58.3 Å². The number of anilines is 1. The van der Waals surface area contributed by atoms with Gasteiger partial charge in [-0.3, -0.25) is 4.90 Å². The van der Waals surface area contributed by atoms with Crippen LogP contribution in [0, 0.1) is 0 Å². The van der Waals surface area contributed by atoms with Gasteiger partial charge in [-0.2, -0.15) is 0 Å². The maximum Gasteiger partial charge on any atom is 0.132 e. The molecule has 1 saturated carbocycles. The molecule has 0 unspecified atom stereocenters. The summed E-state index contributed by atoms with van der Waals surface area (Å²) in [5.74, 6) is 1.61. The van der Waals surface area contributed by atoms with Crippen LogP contribution in [-0.4, -0.2) is 53.6 Å². The molecule has 1 aromatic carbocycles. The summed E-state index contributed by atoms with van der Waals surface area (Å²) in [6.45, 7) is 5.40. The molecule has 0 radical (unpaired) electrons. The molecule has 2 heterocycles. The molecule has 148 valence electrons. The lowest BCUT2D eigenvalue weighted by Crippen LogP contribution is -2.47. The minimum atomic E-state index is 0. The number of piperazine rings is 1. The third-order valence-electron chi connectivity index (χ3n) is 5.52. The van der Waals surface area contributed by atoms with Gasteiger partial charge in [-0.1, -0.05) is 30.3 Å². The second kappa shape index (κ2) is 10.2. The van der Waals surface area contributed by atoms with E-state index in [1.165, 1.54) is 11.3 Å². The Kier molecular flexibility index (Phi) is 8.29. The first kappa shape index (κ1) is 21.9. The van der Waals surface area contributed by atoms with Crippen LogP contribution in [0.4, 0.5) is 5.82 Å². The number of nitrogens with two attached hydrogens (primary N) is 1. The summed E-state index contributed by atoms with van der Waals surface area (Å²) in [5, 5.41) is 0. The average Bonchev–Trinajstić information content (AvgIpc) is 2.65. The highest BCUT2D eigenvalue weighted by Crippen LogP contribution is 2.35. The molecule has 1 saturated heterocycles. The molecule has 0 atom stereocenters. The van der Waals surface area contributed by atoms with Crippen molar-refractivity contribution in [2.45, 2.75) is 31.2 Å². The Labute approximate surface area is 174 Å². The molecule has 27 heavy (non-hydrogen) atoms. The molecule has 1 aromatic heterocycles. The van der Waals surface area contributed by atoms with E-state index in [0.29, 0.717) is 12.0 Å². The van der Waals surface area contributed by atoms with Gasteiger partial charge in [-0.25, -0.2) is 9.97 Å². The molecule has 7 heteroatoms. The van der Waals surface area contributed by atoms with Crippen molar-refractivity contribution < 1.29 is 0 Å². The van der Waals surface area contributed by atoms with E-state index in [1.807, 2.05) is 0 Å². The second-order valence-electron chi connectivity index (χ2n) is 7.29. The summed E-state index contributed by atoms with van der Waals surface area (Å²) in [5.41, 5.74) is 8.50. The van der Waals surface area contributed by atoms with E-state index in [9.17, 15) is 0 Å². The first-order valence-corrected chi connectivity index (χ1v) is 9.36. The molecule has 2 fully saturated rings. The third kappa shape index (κ3) is 5.55. The van der Waals surface area contributed by atoms with Gasteiger partial charge in [0.05, 0.1) is 0 Å². The zero-order valence-electron chi connectivity index (χ0n) is 15.5. The Bertz CT molecular complexity index is 686. The zero-order chi connectivity index (χ0) is 17.1. The quantitative estimate of drug-likeness (QED) is 0.822. The third-order valence-corrected chi connectivity index (χ3v) is 5.52. The fourth-order valence-corrected chi connectivity index (χ4v) is 3.79. The van der Waals surface area contributed by atoms with E-state index in [2.05, 4.69) is 56.2 Å². The molecule has 0 spiro atoms. The predicted octanol–water partition coefficient (Wildman–Crippen LogP) is 2.89. The monoisotopic (exact) mass is 409 g/mol. The fraction of sp³-hybridized carbons (Fsp3) is 0.500. The van der Waals surface area contributed by atoms with E-state index in [4.69, 9.17) is 5.73 Å². The van der Waals surface area contributed by atoms with E-state index < -0.39 is 0 Å². The van der Waals surface area contributed by atoms with Crippen LogP contribution in [0.2, 0.25) is 0 Å². The lowest BCUT2D eigenvalue weighted by atomic mass is 9.78. The van der Waals surface area contributed by atoms with E-state index >= 15 is 0 Å². The summed E-state index contributed by atoms with van der Waals surface area (Å²) in [6, 6.07) is 13.3. The lowest BCUT2D eigenvalue weighted by molar-refractivity contribution is 0.260. The highest BCUT2D eigenvalue weighted by Gasteiger charge is 2.29. The Balaban J connectivity index is 0.00000131. The molecule has 1 aliphatic heterocycles. The standard InChI is InChI=1S/C20H27N5.2ClH/c21-18-12-17(13-18)19-14-20(23-15-22-19)25-10-8-24(9-11-25)7-6-16-4-2-1-3-5-16;;/h1-5,14-15,17-18H,6-13,21H2;2*1H. The normalized spacial score (nSPS) is 22.3. The van der Waals surface area contributed by atoms with Crippen molar-refractivity contribution in [3.05, 3.63) is 54.0 Å². The predicted molar refractivity (Wildman–Crippen MR) is 115 cm³/mol. The van der Waals surface area contributed by atoms with Gasteiger partial charge in [0.1, 0.15) is 12.1 Å². The Hall–Kier alpha value is -1.40. The number of nitrogens with zero attached hydrogens (tertiary/aromatic N) is 4. The van der Waals surface area contributed by atoms with Crippen molar-refractivity contribution in [3.63, 3.8) is 0 Å². The Morgan fingerprint density at radius 1 is 0.963 bits per heavy atom. The molecular weight excluding hydrogens is 381 g/mol. The van der Waals surface area contributed by atoms with E-state index in [0.717, 1.165) is 57.8 Å². The van der Waals surface area contributed by atoms with Gasteiger partial charge in [0.15, 0.2) is 0 Å². The molecule has 4 rings (SSSR count). The van der Waals surface area contributed by atoms with Crippen LogP contribution < -0.4 is 10.6 Å². The zero-order valence-corrected chi connectivity index (χ0v) is 17.2. The summed E-state index contributed by atoms with van der Waals surface area (Å²) >= 11 is 0. The Morgan fingerprint density at radius 2 is 1.67 bits per heavy atom. The number of aromatic nitrogens is 2. The number of benzene rings is 1. The van der Waals surface area contributed by atoms with Crippen molar-refractivity contribution in [1.82, 2.24) is 14.9 Å². The van der Waals surface area contributed by atoms with Gasteiger partial charge >= 0.3 is 0 Å². The number of rotatable bonds is 5. The van der Waals surface area contributed by atoms with Crippen molar-refractivity contribution in [2.24, 2.45) is 5.73 Å². The first-order chi connectivity index (χ1) is 12.3. The van der Waals surface area contributed by atoms with Crippen molar-refractivity contribution in [3.8, 4) is 0 Å². The highest BCUT2D eigenvalue weighted by molar-refractivity contribution is 5.85. The molecular formula is C20H29Cl2N5. The maximum atomic E-state index is 5.91. The molecule has 0 bridgehead atoms. The van der Waals surface area contributed by atoms with Gasteiger partial charge in [0, 0.05) is 56.4 Å². The Morgan fingerprint density at radius 3 is 2.33 bits per heavy atom. The largest absolute Gasteiger partial charge is 0.354 e. The summed E-state index contributed by atoms with van der Waals surface area (Å²) < 4.78 is 0. The van der Waals surface area contributed by atoms with Crippen LogP contribution in [0.15, 0.2) is 42.7 Å². The number of halogens is 2.